The molecule has 0 aromatic rings. The minimum Gasteiger partial charge on any atom is -0.462 e. The second kappa shape index (κ2) is 5.29. The lowest BCUT2D eigenvalue weighted by atomic mass is 9.55. The third kappa shape index (κ3) is 1.91. The van der Waals surface area contributed by atoms with Crippen LogP contribution in [0.1, 0.15) is 53.9 Å². The van der Waals surface area contributed by atoms with Crippen LogP contribution in [-0.2, 0) is 33.3 Å². The van der Waals surface area contributed by atoms with Gasteiger partial charge in [0.1, 0.15) is 12.2 Å². The first-order valence-corrected chi connectivity index (χ1v) is 10.2. The largest absolute Gasteiger partial charge is 0.462 e. The van der Waals surface area contributed by atoms with Gasteiger partial charge < -0.3 is 18.9 Å². The maximum absolute atomic E-state index is 12.4. The molecule has 9 atom stereocenters. The maximum atomic E-state index is 12.4. The summed E-state index contributed by atoms with van der Waals surface area (Å²) in [5.41, 5.74) is -1.27. The molecule has 3 heterocycles. The number of ether oxygens (including phenoxy) is 4. The van der Waals surface area contributed by atoms with Gasteiger partial charge in [0.2, 0.25) is 6.29 Å². The van der Waals surface area contributed by atoms with Gasteiger partial charge in [0.05, 0.1) is 29.3 Å². The molecule has 7 nitrogen and oxygen atoms in total. The third-order valence-corrected chi connectivity index (χ3v) is 8.27. The molecule has 0 bridgehead atoms. The average molecular weight is 392 g/mol. The van der Waals surface area contributed by atoms with Crippen LogP contribution in [0.15, 0.2) is 0 Å². The number of fused-ring (bicyclic) bond motifs is 2. The molecule has 3 saturated heterocycles. The van der Waals surface area contributed by atoms with E-state index in [-0.39, 0.29) is 65.8 Å². The van der Waals surface area contributed by atoms with Crippen LogP contribution in [0.2, 0.25) is 0 Å². The monoisotopic (exact) mass is 392 g/mol. The maximum Gasteiger partial charge on any atom is 0.309 e. The van der Waals surface area contributed by atoms with Crippen molar-refractivity contribution in [3.63, 3.8) is 0 Å². The summed E-state index contributed by atoms with van der Waals surface area (Å²) in [5, 5.41) is 0. The molecule has 0 aromatic carbocycles. The van der Waals surface area contributed by atoms with Gasteiger partial charge in [0.15, 0.2) is 0 Å². The van der Waals surface area contributed by atoms with Crippen LogP contribution < -0.4 is 0 Å². The van der Waals surface area contributed by atoms with E-state index in [1.807, 2.05) is 6.92 Å². The molecule has 0 amide bonds. The highest BCUT2D eigenvalue weighted by Gasteiger charge is 2.85. The zero-order valence-corrected chi connectivity index (χ0v) is 17.0. The first kappa shape index (κ1) is 18.4. The molecule has 154 valence electrons. The van der Waals surface area contributed by atoms with Crippen molar-refractivity contribution >= 4 is 17.9 Å². The normalized spacial score (nSPS) is 51.2. The molecule has 0 aromatic heterocycles. The van der Waals surface area contributed by atoms with E-state index in [0.29, 0.717) is 12.8 Å². The van der Waals surface area contributed by atoms with E-state index < -0.39 is 17.1 Å². The van der Waals surface area contributed by atoms with Crippen LogP contribution in [-0.4, -0.2) is 42.5 Å². The topological polar surface area (TPSA) is 88.1 Å². The minimum atomic E-state index is -0.654. The molecular weight excluding hydrogens is 364 g/mol. The summed E-state index contributed by atoms with van der Waals surface area (Å²) >= 11 is 0. The molecule has 7 heteroatoms. The molecule has 2 aliphatic carbocycles. The van der Waals surface area contributed by atoms with Gasteiger partial charge in [0.25, 0.3) is 0 Å². The van der Waals surface area contributed by atoms with Crippen LogP contribution in [0.4, 0.5) is 0 Å². The highest BCUT2D eigenvalue weighted by atomic mass is 16.7. The predicted octanol–water partition coefficient (Wildman–Crippen LogP) is 2.21. The molecule has 5 aliphatic rings. The molecule has 7 unspecified atom stereocenters. The highest BCUT2D eigenvalue weighted by molar-refractivity contribution is 5.77. The van der Waals surface area contributed by atoms with Crippen molar-refractivity contribution in [2.24, 2.45) is 34.0 Å². The van der Waals surface area contributed by atoms with Crippen LogP contribution in [0, 0.1) is 34.0 Å². The van der Waals surface area contributed by atoms with Gasteiger partial charge in [-0.3, -0.25) is 14.4 Å². The Morgan fingerprint density at radius 3 is 2.54 bits per heavy atom. The zero-order valence-electron chi connectivity index (χ0n) is 17.0. The van der Waals surface area contributed by atoms with Gasteiger partial charge in [-0.05, 0) is 24.2 Å². The average Bonchev–Trinajstić information content (AvgIpc) is 3.24. The number of esters is 3. The molecule has 2 spiro atoms. The van der Waals surface area contributed by atoms with E-state index in [1.54, 1.807) is 0 Å². The van der Waals surface area contributed by atoms with Crippen molar-refractivity contribution in [3.8, 4) is 0 Å². The minimum absolute atomic E-state index is 0.0793. The van der Waals surface area contributed by atoms with Crippen molar-refractivity contribution in [2.45, 2.75) is 78.5 Å². The lowest BCUT2D eigenvalue weighted by molar-refractivity contribution is -0.178. The van der Waals surface area contributed by atoms with Crippen molar-refractivity contribution in [2.75, 3.05) is 0 Å². The van der Waals surface area contributed by atoms with Gasteiger partial charge in [0, 0.05) is 12.8 Å². The van der Waals surface area contributed by atoms with Crippen LogP contribution >= 0.6 is 0 Å². The summed E-state index contributed by atoms with van der Waals surface area (Å²) in [6, 6.07) is 0. The van der Waals surface area contributed by atoms with E-state index in [4.69, 9.17) is 18.9 Å². The SMILES string of the molecule is CC(=O)OC1C[C@@H](C(C)(C)C)C23CC(=O)OC2OC2C4C(CC123)OC(=O)[C@H]4C. The summed E-state index contributed by atoms with van der Waals surface area (Å²) < 4.78 is 23.7. The molecule has 5 fully saturated rings. The van der Waals surface area contributed by atoms with Crippen LogP contribution in [0.25, 0.3) is 0 Å². The Balaban J connectivity index is 1.69. The first-order chi connectivity index (χ1) is 13.0. The fourth-order valence-electron chi connectivity index (χ4n) is 7.50. The van der Waals surface area contributed by atoms with Gasteiger partial charge in [-0.15, -0.1) is 0 Å². The summed E-state index contributed by atoms with van der Waals surface area (Å²) in [6.45, 7) is 9.76. The number of carbonyl (C=O) groups excluding carboxylic acids is 3. The Morgan fingerprint density at radius 2 is 1.89 bits per heavy atom. The number of hydrogen-bond donors (Lipinski definition) is 0. The van der Waals surface area contributed by atoms with Crippen molar-refractivity contribution < 1.29 is 33.3 Å². The first-order valence-electron chi connectivity index (χ1n) is 10.2. The summed E-state index contributed by atoms with van der Waals surface area (Å²) in [4.78, 5) is 36.6. The summed E-state index contributed by atoms with van der Waals surface area (Å²) in [5.74, 6) is -1.11. The van der Waals surface area contributed by atoms with Gasteiger partial charge in [-0.1, -0.05) is 27.7 Å². The highest BCUT2D eigenvalue weighted by Crippen LogP contribution is 2.78. The van der Waals surface area contributed by atoms with Crippen LogP contribution in [0.3, 0.4) is 0 Å². The Morgan fingerprint density at radius 1 is 1.18 bits per heavy atom. The van der Waals surface area contributed by atoms with Crippen molar-refractivity contribution in [1.82, 2.24) is 0 Å². The number of hydrogen-bond acceptors (Lipinski definition) is 7. The summed E-state index contributed by atoms with van der Waals surface area (Å²) in [7, 11) is 0. The lowest BCUT2D eigenvalue weighted by Gasteiger charge is -2.45. The quantitative estimate of drug-likeness (QED) is 0.499. The Hall–Kier alpha value is -1.63. The van der Waals surface area contributed by atoms with Crippen molar-refractivity contribution in [1.29, 1.82) is 0 Å². The fraction of sp³-hybridized carbons (Fsp3) is 0.857. The Labute approximate surface area is 164 Å². The van der Waals surface area contributed by atoms with Gasteiger partial charge >= 0.3 is 17.9 Å². The standard InChI is InChI=1S/C21H28O7/c1-9-15-11(26-17(9)24)7-21-13(25-10(2)22)6-12(19(3,4)5)20(21)8-14(23)27-18(20)28-16(15)21/h9,11-13,15-16,18H,6-8H2,1-5H3/t9-,11?,12-,13?,15?,16?,18?,20?,21?/m0/s1. The number of carbonyl (C=O) groups is 3. The van der Waals surface area contributed by atoms with E-state index in [1.165, 1.54) is 6.92 Å². The van der Waals surface area contributed by atoms with Gasteiger partial charge in [-0.2, -0.15) is 0 Å². The Kier molecular flexibility index (Phi) is 3.48. The van der Waals surface area contributed by atoms with E-state index in [2.05, 4.69) is 20.8 Å². The second-order valence-corrected chi connectivity index (χ2v) is 10.4. The Bertz CT molecular complexity index is 769. The molecule has 28 heavy (non-hydrogen) atoms. The lowest BCUT2D eigenvalue weighted by Crippen LogP contribution is -2.51. The zero-order chi connectivity index (χ0) is 20.2. The molecule has 2 saturated carbocycles. The molecule has 5 rings (SSSR count). The van der Waals surface area contributed by atoms with E-state index in [9.17, 15) is 14.4 Å². The predicted molar refractivity (Wildman–Crippen MR) is 94.5 cm³/mol. The smallest absolute Gasteiger partial charge is 0.309 e. The molecular formula is C21H28O7. The van der Waals surface area contributed by atoms with E-state index >= 15 is 0 Å². The number of rotatable bonds is 1. The summed E-state index contributed by atoms with van der Waals surface area (Å²) in [6.07, 6.45) is -0.149. The second-order valence-electron chi connectivity index (χ2n) is 10.4. The van der Waals surface area contributed by atoms with Crippen LogP contribution in [0.5, 0.6) is 0 Å². The molecule has 0 radical (unpaired) electrons. The van der Waals surface area contributed by atoms with Gasteiger partial charge in [-0.25, -0.2) is 0 Å². The molecule has 3 aliphatic heterocycles. The van der Waals surface area contributed by atoms with Crippen molar-refractivity contribution in [3.05, 3.63) is 0 Å². The third-order valence-electron chi connectivity index (χ3n) is 8.27. The van der Waals surface area contributed by atoms with E-state index in [0.717, 1.165) is 0 Å². The fourth-order valence-corrected chi connectivity index (χ4v) is 7.50. The molecule has 0 N–H and O–H groups in total.